The maximum Gasteiger partial charge on any atom is 0.410 e. The summed E-state index contributed by atoms with van der Waals surface area (Å²) in [5, 5.41) is 9.88. The molecule has 4 rings (SSSR count). The van der Waals surface area contributed by atoms with E-state index in [2.05, 4.69) is 15.7 Å². The summed E-state index contributed by atoms with van der Waals surface area (Å²) in [4.78, 5) is 12.7. The minimum atomic E-state index is -4.49. The molecule has 2 aromatic carbocycles. The predicted octanol–water partition coefficient (Wildman–Crippen LogP) is 5.72. The Balaban J connectivity index is 1.65. The highest BCUT2D eigenvalue weighted by molar-refractivity contribution is 6.03. The lowest BCUT2D eigenvalue weighted by Crippen LogP contribution is -2.35. The number of rotatable bonds is 3. The van der Waals surface area contributed by atoms with Crippen LogP contribution in [0.25, 0.3) is 0 Å². The highest BCUT2D eigenvalue weighted by Crippen LogP contribution is 2.43. The molecule has 1 aliphatic rings. The van der Waals surface area contributed by atoms with Crippen molar-refractivity contribution in [1.82, 2.24) is 9.78 Å². The zero-order valence-corrected chi connectivity index (χ0v) is 17.4. The van der Waals surface area contributed by atoms with Gasteiger partial charge < -0.3 is 10.6 Å². The summed E-state index contributed by atoms with van der Waals surface area (Å²) >= 11 is 0. The Hall–Kier alpha value is -3.29. The van der Waals surface area contributed by atoms with Crippen molar-refractivity contribution in [2.75, 3.05) is 10.6 Å². The number of halogens is 3. The van der Waals surface area contributed by atoms with Crippen LogP contribution in [-0.4, -0.2) is 21.9 Å². The third kappa shape index (κ3) is 4.15. The zero-order chi connectivity index (χ0) is 22.3. The van der Waals surface area contributed by atoms with Crippen molar-refractivity contribution in [3.8, 4) is 0 Å². The first-order chi connectivity index (χ1) is 14.6. The standard InChI is InChI=1S/C23H23F3N4O/c1-13-7-9-16(10-8-13)18-11-20(23(24,25)26)30-21(27-18)12-19(29-30)22(31)28-17-6-4-5-14(2)15(17)3/h4-10,12,18,20,27H,11H2,1-3H3,(H,28,31)/t18-,20+/m1/s1. The van der Waals surface area contributed by atoms with Gasteiger partial charge in [-0.05, 0) is 43.5 Å². The molecule has 8 heteroatoms. The van der Waals surface area contributed by atoms with Crippen LogP contribution in [0, 0.1) is 20.8 Å². The Morgan fingerprint density at radius 1 is 1.13 bits per heavy atom. The second kappa shape index (κ2) is 7.76. The Morgan fingerprint density at radius 3 is 2.52 bits per heavy atom. The van der Waals surface area contributed by atoms with Crippen molar-refractivity contribution in [3.05, 3.63) is 76.5 Å². The van der Waals surface area contributed by atoms with Crippen LogP contribution in [0.5, 0.6) is 0 Å². The van der Waals surface area contributed by atoms with Crippen molar-refractivity contribution >= 4 is 17.4 Å². The van der Waals surface area contributed by atoms with Gasteiger partial charge in [-0.25, -0.2) is 4.68 Å². The lowest BCUT2D eigenvalue weighted by Gasteiger charge is -2.33. The van der Waals surface area contributed by atoms with E-state index in [1.165, 1.54) is 6.07 Å². The van der Waals surface area contributed by atoms with Crippen molar-refractivity contribution < 1.29 is 18.0 Å². The van der Waals surface area contributed by atoms with E-state index in [-0.39, 0.29) is 17.9 Å². The molecule has 3 aromatic rings. The van der Waals surface area contributed by atoms with Crippen molar-refractivity contribution in [3.63, 3.8) is 0 Å². The van der Waals surface area contributed by atoms with Crippen molar-refractivity contribution in [2.24, 2.45) is 0 Å². The maximum atomic E-state index is 13.8. The van der Waals surface area contributed by atoms with E-state index in [1.807, 2.05) is 57.2 Å². The van der Waals surface area contributed by atoms with Gasteiger partial charge in [0.05, 0.1) is 6.04 Å². The number of hydrogen-bond acceptors (Lipinski definition) is 3. The predicted molar refractivity (Wildman–Crippen MR) is 113 cm³/mol. The van der Waals surface area contributed by atoms with Gasteiger partial charge in [-0.15, -0.1) is 0 Å². The lowest BCUT2D eigenvalue weighted by atomic mass is 9.96. The number of anilines is 2. The SMILES string of the molecule is Cc1ccc([C@H]2C[C@@H](C(F)(F)F)n3nc(C(=O)Nc4cccc(C)c4C)cc3N2)cc1. The van der Waals surface area contributed by atoms with E-state index < -0.39 is 24.2 Å². The molecule has 0 unspecified atom stereocenters. The smallest absolute Gasteiger partial charge is 0.363 e. The van der Waals surface area contributed by atoms with Gasteiger partial charge in [0.1, 0.15) is 5.82 Å². The topological polar surface area (TPSA) is 59.0 Å². The molecule has 2 atom stereocenters. The minimum absolute atomic E-state index is 0.0674. The number of fused-ring (bicyclic) bond motifs is 1. The molecule has 2 heterocycles. The lowest BCUT2D eigenvalue weighted by molar-refractivity contribution is -0.173. The van der Waals surface area contributed by atoms with Crippen LogP contribution < -0.4 is 10.6 Å². The number of hydrogen-bond donors (Lipinski definition) is 2. The van der Waals surface area contributed by atoms with Crippen LogP contribution in [0.15, 0.2) is 48.5 Å². The van der Waals surface area contributed by atoms with Crippen molar-refractivity contribution in [1.29, 1.82) is 0 Å². The number of amides is 1. The van der Waals surface area contributed by atoms with E-state index in [9.17, 15) is 18.0 Å². The number of aromatic nitrogens is 2. The fraction of sp³-hybridized carbons (Fsp3) is 0.304. The van der Waals surface area contributed by atoms with Gasteiger partial charge in [0.25, 0.3) is 5.91 Å². The van der Waals surface area contributed by atoms with Gasteiger partial charge in [-0.2, -0.15) is 18.3 Å². The molecular weight excluding hydrogens is 405 g/mol. The number of carbonyl (C=O) groups is 1. The molecule has 1 amide bonds. The van der Waals surface area contributed by atoms with Crippen LogP contribution >= 0.6 is 0 Å². The Morgan fingerprint density at radius 2 is 1.84 bits per heavy atom. The Labute approximate surface area is 178 Å². The third-order valence-corrected chi connectivity index (χ3v) is 5.76. The first-order valence-electron chi connectivity index (χ1n) is 10.0. The van der Waals surface area contributed by atoms with Crippen LogP contribution in [0.3, 0.4) is 0 Å². The number of alkyl halides is 3. The summed E-state index contributed by atoms with van der Waals surface area (Å²) in [5.74, 6) is -0.379. The van der Waals surface area contributed by atoms with E-state index >= 15 is 0 Å². The normalized spacial score (nSPS) is 18.3. The average Bonchev–Trinajstić information content (AvgIpc) is 3.14. The molecule has 0 saturated heterocycles. The average molecular weight is 428 g/mol. The van der Waals surface area contributed by atoms with Gasteiger partial charge in [0, 0.05) is 18.2 Å². The summed E-state index contributed by atoms with van der Waals surface area (Å²) in [7, 11) is 0. The van der Waals surface area contributed by atoms with Gasteiger partial charge in [-0.1, -0.05) is 42.0 Å². The van der Waals surface area contributed by atoms with Gasteiger partial charge in [0.2, 0.25) is 0 Å². The third-order valence-electron chi connectivity index (χ3n) is 5.76. The monoisotopic (exact) mass is 428 g/mol. The summed E-state index contributed by atoms with van der Waals surface area (Å²) in [6.45, 7) is 5.71. The second-order valence-electron chi connectivity index (χ2n) is 7.96. The Kier molecular flexibility index (Phi) is 5.24. The molecule has 0 fully saturated rings. The van der Waals surface area contributed by atoms with Crippen LogP contribution in [-0.2, 0) is 0 Å². The largest absolute Gasteiger partial charge is 0.410 e. The molecule has 1 aromatic heterocycles. The molecule has 0 aliphatic carbocycles. The van der Waals surface area contributed by atoms with E-state index in [4.69, 9.17) is 0 Å². The quantitative estimate of drug-likeness (QED) is 0.561. The van der Waals surface area contributed by atoms with Gasteiger partial charge >= 0.3 is 6.18 Å². The van der Waals surface area contributed by atoms with Crippen molar-refractivity contribution in [2.45, 2.75) is 45.5 Å². The molecule has 5 nitrogen and oxygen atoms in total. The zero-order valence-electron chi connectivity index (χ0n) is 17.4. The molecule has 2 N–H and O–H groups in total. The van der Waals surface area contributed by atoms with Gasteiger partial charge in [0.15, 0.2) is 11.7 Å². The minimum Gasteiger partial charge on any atom is -0.363 e. The van der Waals surface area contributed by atoms with Crippen LogP contribution in [0.4, 0.5) is 24.7 Å². The first kappa shape index (κ1) is 21.0. The highest BCUT2D eigenvalue weighted by Gasteiger charge is 2.46. The number of nitrogens with one attached hydrogen (secondary N) is 2. The molecular formula is C23H23F3N4O. The number of carbonyl (C=O) groups excluding carboxylic acids is 1. The van der Waals surface area contributed by atoms with E-state index in [1.54, 1.807) is 6.07 Å². The maximum absolute atomic E-state index is 13.8. The molecule has 1 aliphatic heterocycles. The van der Waals surface area contributed by atoms with Crippen LogP contribution in [0.1, 0.15) is 51.2 Å². The molecule has 162 valence electrons. The van der Waals surface area contributed by atoms with Crippen LogP contribution in [0.2, 0.25) is 0 Å². The number of nitrogens with zero attached hydrogens (tertiary/aromatic N) is 2. The molecule has 0 spiro atoms. The molecule has 31 heavy (non-hydrogen) atoms. The molecule has 0 bridgehead atoms. The summed E-state index contributed by atoms with van der Waals surface area (Å²) in [5.41, 5.74) is 4.22. The van der Waals surface area contributed by atoms with E-state index in [0.29, 0.717) is 5.69 Å². The Bertz CT molecular complexity index is 1120. The fourth-order valence-electron chi connectivity index (χ4n) is 3.77. The van der Waals surface area contributed by atoms with E-state index in [0.717, 1.165) is 26.9 Å². The highest BCUT2D eigenvalue weighted by atomic mass is 19.4. The summed E-state index contributed by atoms with van der Waals surface area (Å²) in [6.07, 6.45) is -4.70. The molecule has 0 saturated carbocycles. The fourth-order valence-corrected chi connectivity index (χ4v) is 3.77. The second-order valence-corrected chi connectivity index (χ2v) is 7.96. The number of benzene rings is 2. The summed E-state index contributed by atoms with van der Waals surface area (Å²) in [6, 6.07) is 11.9. The molecule has 0 radical (unpaired) electrons. The van der Waals surface area contributed by atoms with Gasteiger partial charge in [-0.3, -0.25) is 4.79 Å². The number of aryl methyl sites for hydroxylation is 2. The first-order valence-corrected chi connectivity index (χ1v) is 10.0. The summed E-state index contributed by atoms with van der Waals surface area (Å²) < 4.78 is 42.4.